The lowest BCUT2D eigenvalue weighted by molar-refractivity contribution is 0.0501. The van der Waals surface area contributed by atoms with Gasteiger partial charge in [-0.05, 0) is 32.9 Å². The van der Waals surface area contributed by atoms with Crippen LogP contribution in [0.2, 0.25) is 0 Å². The average molecular weight is 295 g/mol. The molecule has 1 amide bonds. The lowest BCUT2D eigenvalue weighted by Crippen LogP contribution is -2.43. The summed E-state index contributed by atoms with van der Waals surface area (Å²) in [5.74, 6) is 0.772. The van der Waals surface area contributed by atoms with E-state index >= 15 is 0 Å². The zero-order valence-electron chi connectivity index (χ0n) is 12.1. The lowest BCUT2D eigenvalue weighted by Gasteiger charge is -2.22. The number of nitrogens with one attached hydrogen (secondary N) is 1. The molecule has 0 saturated carbocycles. The minimum absolute atomic E-state index is 0.0185. The first kappa shape index (κ1) is 15.2. The number of thioether (sulfide) groups is 1. The maximum atomic E-state index is 11.8. The number of epoxide rings is 1. The molecule has 20 heavy (non-hydrogen) atoms. The van der Waals surface area contributed by atoms with E-state index in [2.05, 4.69) is 17.4 Å². The van der Waals surface area contributed by atoms with Gasteiger partial charge in [-0.1, -0.05) is 18.2 Å². The van der Waals surface area contributed by atoms with E-state index in [1.54, 1.807) is 11.8 Å². The normalized spacial score (nSPS) is 19.2. The van der Waals surface area contributed by atoms with Crippen molar-refractivity contribution >= 4 is 17.9 Å². The van der Waals surface area contributed by atoms with Crippen molar-refractivity contribution in [3.05, 3.63) is 30.3 Å². The predicted octanol–water partition coefficient (Wildman–Crippen LogP) is 3.07. The van der Waals surface area contributed by atoms with Crippen molar-refractivity contribution in [2.24, 2.45) is 0 Å². The van der Waals surface area contributed by atoms with Crippen LogP contribution >= 0.6 is 11.8 Å². The van der Waals surface area contributed by atoms with Crippen LogP contribution in [0.1, 0.15) is 20.8 Å². The number of alkyl carbamates (subject to hydrolysis) is 1. The molecule has 1 saturated heterocycles. The maximum absolute atomic E-state index is 11.8. The molecule has 1 aliphatic rings. The third-order valence-electron chi connectivity index (χ3n) is 2.68. The number of hydrogen-bond donors (Lipinski definition) is 1. The molecule has 0 spiro atoms. The summed E-state index contributed by atoms with van der Waals surface area (Å²) in [7, 11) is 0. The highest BCUT2D eigenvalue weighted by Crippen LogP contribution is 2.23. The van der Waals surface area contributed by atoms with Gasteiger partial charge in [-0.15, -0.1) is 11.8 Å². The third-order valence-corrected chi connectivity index (χ3v) is 3.81. The quantitative estimate of drug-likeness (QED) is 0.670. The molecule has 0 aromatic heterocycles. The van der Waals surface area contributed by atoms with Crippen molar-refractivity contribution in [2.75, 3.05) is 12.4 Å². The number of hydrogen-bond acceptors (Lipinski definition) is 4. The van der Waals surface area contributed by atoms with Crippen LogP contribution in [0.3, 0.4) is 0 Å². The number of rotatable bonds is 5. The molecule has 110 valence electrons. The van der Waals surface area contributed by atoms with Crippen LogP contribution in [-0.2, 0) is 9.47 Å². The second kappa shape index (κ2) is 6.50. The van der Waals surface area contributed by atoms with E-state index < -0.39 is 5.60 Å². The van der Waals surface area contributed by atoms with Gasteiger partial charge in [-0.2, -0.15) is 0 Å². The molecule has 1 fully saturated rings. The third kappa shape index (κ3) is 5.43. The van der Waals surface area contributed by atoms with Crippen molar-refractivity contribution in [3.8, 4) is 0 Å². The van der Waals surface area contributed by atoms with Crippen molar-refractivity contribution < 1.29 is 14.3 Å². The molecule has 0 unspecified atom stereocenters. The van der Waals surface area contributed by atoms with E-state index in [0.717, 1.165) is 5.75 Å². The van der Waals surface area contributed by atoms with Gasteiger partial charge in [0.05, 0.1) is 12.6 Å². The fourth-order valence-electron chi connectivity index (χ4n) is 1.69. The van der Waals surface area contributed by atoms with E-state index in [4.69, 9.17) is 9.47 Å². The Hall–Kier alpha value is -1.20. The minimum atomic E-state index is -0.481. The zero-order valence-corrected chi connectivity index (χ0v) is 12.9. The number of benzene rings is 1. The number of ether oxygens (including phenoxy) is 2. The van der Waals surface area contributed by atoms with Gasteiger partial charge in [0.25, 0.3) is 0 Å². The van der Waals surface area contributed by atoms with Crippen LogP contribution in [0, 0.1) is 0 Å². The smallest absolute Gasteiger partial charge is 0.407 e. The Kier molecular flexibility index (Phi) is 4.94. The van der Waals surface area contributed by atoms with Gasteiger partial charge in [0.15, 0.2) is 0 Å². The summed E-state index contributed by atoms with van der Waals surface area (Å²) in [5.41, 5.74) is -0.481. The molecule has 2 atom stereocenters. The van der Waals surface area contributed by atoms with Gasteiger partial charge < -0.3 is 14.8 Å². The Balaban J connectivity index is 1.83. The minimum Gasteiger partial charge on any atom is -0.444 e. The summed E-state index contributed by atoms with van der Waals surface area (Å²) >= 11 is 1.71. The van der Waals surface area contributed by atoms with Gasteiger partial charge in [-0.3, -0.25) is 0 Å². The van der Waals surface area contributed by atoms with Crippen LogP contribution < -0.4 is 5.32 Å². The molecule has 1 heterocycles. The Morgan fingerprint density at radius 3 is 2.65 bits per heavy atom. The molecule has 0 bridgehead atoms. The Morgan fingerprint density at radius 2 is 2.10 bits per heavy atom. The summed E-state index contributed by atoms with van der Waals surface area (Å²) in [6.07, 6.45) is -0.273. The molecular formula is C15H21NO3S. The van der Waals surface area contributed by atoms with E-state index in [-0.39, 0.29) is 18.2 Å². The van der Waals surface area contributed by atoms with Crippen molar-refractivity contribution in [3.63, 3.8) is 0 Å². The first-order chi connectivity index (χ1) is 9.44. The molecule has 0 aliphatic carbocycles. The summed E-state index contributed by atoms with van der Waals surface area (Å²) in [6, 6.07) is 10.1. The highest BCUT2D eigenvalue weighted by molar-refractivity contribution is 7.99. The highest BCUT2D eigenvalue weighted by Gasteiger charge is 2.34. The SMILES string of the molecule is CC(C)(C)OC(=O)N[C@@H](CSc1ccccc1)[C@H]1CO1. The molecular weight excluding hydrogens is 274 g/mol. The second-order valence-electron chi connectivity index (χ2n) is 5.75. The Morgan fingerprint density at radius 1 is 1.45 bits per heavy atom. The molecule has 1 N–H and O–H groups in total. The highest BCUT2D eigenvalue weighted by atomic mass is 32.2. The fraction of sp³-hybridized carbons (Fsp3) is 0.533. The Labute approximate surface area is 124 Å². The van der Waals surface area contributed by atoms with Crippen LogP contribution in [0.15, 0.2) is 35.2 Å². The van der Waals surface area contributed by atoms with Gasteiger partial charge in [0.2, 0.25) is 0 Å². The monoisotopic (exact) mass is 295 g/mol. The fourth-order valence-corrected chi connectivity index (χ4v) is 2.71. The topological polar surface area (TPSA) is 50.9 Å². The van der Waals surface area contributed by atoms with Gasteiger partial charge >= 0.3 is 6.09 Å². The van der Waals surface area contributed by atoms with Crippen LogP contribution in [0.4, 0.5) is 4.79 Å². The standard InChI is InChI=1S/C15H21NO3S/c1-15(2,3)19-14(17)16-12(13-9-18-13)10-20-11-7-5-4-6-8-11/h4-8,12-13H,9-10H2,1-3H3,(H,16,17)/t12-,13+/m0/s1. The zero-order chi connectivity index (χ0) is 14.6. The largest absolute Gasteiger partial charge is 0.444 e. The molecule has 5 heteroatoms. The Bertz CT molecular complexity index is 440. The number of amides is 1. The average Bonchev–Trinajstić information content (AvgIpc) is 3.17. The van der Waals surface area contributed by atoms with E-state index in [9.17, 15) is 4.79 Å². The molecule has 4 nitrogen and oxygen atoms in total. The molecule has 1 aromatic carbocycles. The number of carbonyl (C=O) groups is 1. The van der Waals surface area contributed by atoms with E-state index in [1.807, 2.05) is 39.0 Å². The first-order valence-electron chi connectivity index (χ1n) is 6.73. The van der Waals surface area contributed by atoms with Gasteiger partial charge in [0.1, 0.15) is 11.7 Å². The van der Waals surface area contributed by atoms with E-state index in [1.165, 1.54) is 4.90 Å². The lowest BCUT2D eigenvalue weighted by atomic mass is 10.2. The van der Waals surface area contributed by atoms with Crippen molar-refractivity contribution in [1.29, 1.82) is 0 Å². The molecule has 1 aromatic rings. The van der Waals surface area contributed by atoms with Gasteiger partial charge in [-0.25, -0.2) is 4.79 Å². The molecule has 2 rings (SSSR count). The van der Waals surface area contributed by atoms with Crippen molar-refractivity contribution in [2.45, 2.75) is 43.4 Å². The predicted molar refractivity (Wildman–Crippen MR) is 80.1 cm³/mol. The second-order valence-corrected chi connectivity index (χ2v) is 6.84. The first-order valence-corrected chi connectivity index (χ1v) is 7.71. The van der Waals surface area contributed by atoms with Gasteiger partial charge in [0, 0.05) is 10.6 Å². The summed E-state index contributed by atoms with van der Waals surface area (Å²) in [6.45, 7) is 6.27. The summed E-state index contributed by atoms with van der Waals surface area (Å²) in [5, 5.41) is 2.90. The van der Waals surface area contributed by atoms with Crippen molar-refractivity contribution in [1.82, 2.24) is 5.32 Å². The number of carbonyl (C=O) groups excluding carboxylic acids is 1. The molecule has 0 radical (unpaired) electrons. The summed E-state index contributed by atoms with van der Waals surface area (Å²) in [4.78, 5) is 13.0. The van der Waals surface area contributed by atoms with Crippen LogP contribution in [0.25, 0.3) is 0 Å². The molecule has 1 aliphatic heterocycles. The summed E-state index contributed by atoms with van der Waals surface area (Å²) < 4.78 is 10.6. The van der Waals surface area contributed by atoms with Crippen LogP contribution in [0.5, 0.6) is 0 Å². The van der Waals surface area contributed by atoms with E-state index in [0.29, 0.717) is 6.61 Å². The van der Waals surface area contributed by atoms with Crippen LogP contribution in [-0.4, -0.2) is 36.2 Å². The maximum Gasteiger partial charge on any atom is 0.407 e.